The Kier molecular flexibility index (Phi) is 5.49. The zero-order valence-corrected chi connectivity index (χ0v) is 9.84. The Morgan fingerprint density at radius 1 is 1.29 bits per heavy atom. The Labute approximate surface area is 89.2 Å². The van der Waals surface area contributed by atoms with Crippen molar-refractivity contribution in [2.45, 2.75) is 52.0 Å². The summed E-state index contributed by atoms with van der Waals surface area (Å²) in [4.78, 5) is 0. The fourth-order valence-corrected chi connectivity index (χ4v) is 2.37. The minimum atomic E-state index is 0.663. The van der Waals surface area contributed by atoms with Gasteiger partial charge in [0.15, 0.2) is 0 Å². The molecule has 1 fully saturated rings. The van der Waals surface area contributed by atoms with E-state index in [9.17, 15) is 0 Å². The molecule has 2 nitrogen and oxygen atoms in total. The van der Waals surface area contributed by atoms with E-state index in [4.69, 9.17) is 0 Å². The van der Waals surface area contributed by atoms with Gasteiger partial charge in [-0.1, -0.05) is 26.7 Å². The molecule has 0 aromatic rings. The third-order valence-corrected chi connectivity index (χ3v) is 3.15. The van der Waals surface area contributed by atoms with Crippen molar-refractivity contribution < 1.29 is 0 Å². The van der Waals surface area contributed by atoms with Crippen LogP contribution in [0.3, 0.4) is 0 Å². The Morgan fingerprint density at radius 3 is 2.43 bits per heavy atom. The summed E-state index contributed by atoms with van der Waals surface area (Å²) >= 11 is 0. The number of piperidine rings is 1. The van der Waals surface area contributed by atoms with Gasteiger partial charge in [-0.2, -0.15) is 0 Å². The summed E-state index contributed by atoms with van der Waals surface area (Å²) in [5, 5.41) is 5.08. The maximum Gasteiger partial charge on any atom is 0.0217 e. The number of hydrogen-bond acceptors (Lipinski definition) is 2. The van der Waals surface area contributed by atoms with E-state index in [1.807, 2.05) is 0 Å². The van der Waals surface area contributed by atoms with Crippen molar-refractivity contribution in [1.29, 1.82) is 0 Å². The smallest absolute Gasteiger partial charge is 0.0217 e. The SMILES string of the molecule is [CH2]CCC(C)N(CC)N1CCCCC1. The summed E-state index contributed by atoms with van der Waals surface area (Å²) in [6, 6.07) is 0.663. The maximum atomic E-state index is 3.94. The summed E-state index contributed by atoms with van der Waals surface area (Å²) in [5.41, 5.74) is 0. The average Bonchev–Trinajstić information content (AvgIpc) is 2.21. The second-order valence-corrected chi connectivity index (χ2v) is 4.26. The van der Waals surface area contributed by atoms with Crippen LogP contribution in [0.1, 0.15) is 46.0 Å². The van der Waals surface area contributed by atoms with Gasteiger partial charge in [-0.25, -0.2) is 10.0 Å². The van der Waals surface area contributed by atoms with Crippen molar-refractivity contribution in [3.63, 3.8) is 0 Å². The molecule has 0 bridgehead atoms. The second-order valence-electron chi connectivity index (χ2n) is 4.26. The minimum Gasteiger partial charge on any atom is -0.242 e. The monoisotopic (exact) mass is 197 g/mol. The quantitative estimate of drug-likeness (QED) is 0.668. The summed E-state index contributed by atoms with van der Waals surface area (Å²) in [5.74, 6) is 0. The molecule has 0 aromatic heterocycles. The van der Waals surface area contributed by atoms with Crippen LogP contribution in [0.25, 0.3) is 0 Å². The van der Waals surface area contributed by atoms with E-state index < -0.39 is 0 Å². The molecule has 1 aliphatic rings. The Balaban J connectivity index is 2.41. The molecule has 0 amide bonds. The van der Waals surface area contributed by atoms with Gasteiger partial charge in [-0.05, 0) is 26.2 Å². The third kappa shape index (κ3) is 3.25. The molecule has 1 radical (unpaired) electrons. The molecule has 0 N–H and O–H groups in total. The van der Waals surface area contributed by atoms with Gasteiger partial charge >= 0.3 is 0 Å². The molecular weight excluding hydrogens is 172 g/mol. The molecule has 14 heavy (non-hydrogen) atoms. The highest BCUT2D eigenvalue weighted by Crippen LogP contribution is 2.15. The lowest BCUT2D eigenvalue weighted by molar-refractivity contribution is -0.0657. The summed E-state index contributed by atoms with van der Waals surface area (Å²) in [6.45, 7) is 12.2. The lowest BCUT2D eigenvalue weighted by atomic mass is 10.1. The molecule has 1 unspecified atom stereocenters. The standard InChI is InChI=1S/C12H25N2/c1-4-9-12(3)14(5-2)13-10-7-6-8-11-13/h12H,1,4-11H2,2-3H3. The fourth-order valence-electron chi connectivity index (χ4n) is 2.37. The zero-order chi connectivity index (χ0) is 10.4. The van der Waals surface area contributed by atoms with Crippen LogP contribution < -0.4 is 0 Å². The van der Waals surface area contributed by atoms with E-state index in [-0.39, 0.29) is 0 Å². The van der Waals surface area contributed by atoms with Crippen LogP contribution in [0.15, 0.2) is 0 Å². The zero-order valence-electron chi connectivity index (χ0n) is 9.84. The first kappa shape index (κ1) is 12.0. The first-order chi connectivity index (χ1) is 6.79. The minimum absolute atomic E-state index is 0.663. The van der Waals surface area contributed by atoms with Crippen molar-refractivity contribution in [2.75, 3.05) is 19.6 Å². The largest absolute Gasteiger partial charge is 0.242 e. The molecule has 0 saturated carbocycles. The second kappa shape index (κ2) is 6.41. The van der Waals surface area contributed by atoms with Crippen molar-refractivity contribution in [1.82, 2.24) is 10.0 Å². The molecule has 1 aliphatic heterocycles. The van der Waals surface area contributed by atoms with Crippen molar-refractivity contribution >= 4 is 0 Å². The number of nitrogens with zero attached hydrogens (tertiary/aromatic N) is 2. The van der Waals surface area contributed by atoms with E-state index in [1.165, 1.54) is 38.8 Å². The van der Waals surface area contributed by atoms with Gasteiger partial charge in [-0.3, -0.25) is 0 Å². The topological polar surface area (TPSA) is 6.48 Å². The van der Waals surface area contributed by atoms with Gasteiger partial charge in [0.05, 0.1) is 0 Å². The van der Waals surface area contributed by atoms with Crippen molar-refractivity contribution in [3.8, 4) is 0 Å². The molecular formula is C12H25N2. The van der Waals surface area contributed by atoms with Crippen LogP contribution in [0.4, 0.5) is 0 Å². The molecule has 1 rings (SSSR count). The third-order valence-electron chi connectivity index (χ3n) is 3.15. The van der Waals surface area contributed by atoms with Crippen LogP contribution in [-0.4, -0.2) is 35.7 Å². The maximum absolute atomic E-state index is 3.94. The highest BCUT2D eigenvalue weighted by atomic mass is 15.6. The predicted molar refractivity (Wildman–Crippen MR) is 61.9 cm³/mol. The number of rotatable bonds is 5. The van der Waals surface area contributed by atoms with E-state index in [0.29, 0.717) is 6.04 Å². The summed E-state index contributed by atoms with van der Waals surface area (Å²) < 4.78 is 0. The molecule has 83 valence electrons. The average molecular weight is 197 g/mol. The molecule has 2 heteroatoms. The predicted octanol–water partition coefficient (Wildman–Crippen LogP) is 2.71. The fraction of sp³-hybridized carbons (Fsp3) is 0.917. The molecule has 0 spiro atoms. The summed E-state index contributed by atoms with van der Waals surface area (Å²) in [7, 11) is 0. The summed E-state index contributed by atoms with van der Waals surface area (Å²) in [6.07, 6.45) is 6.41. The molecule has 1 heterocycles. The van der Waals surface area contributed by atoms with Crippen LogP contribution in [0.5, 0.6) is 0 Å². The van der Waals surface area contributed by atoms with E-state index in [1.54, 1.807) is 0 Å². The Hall–Kier alpha value is -0.0800. The molecule has 1 atom stereocenters. The first-order valence-electron chi connectivity index (χ1n) is 6.10. The molecule has 1 saturated heterocycles. The lowest BCUT2D eigenvalue weighted by Gasteiger charge is -2.40. The van der Waals surface area contributed by atoms with Gasteiger partial charge in [0.2, 0.25) is 0 Å². The molecule has 0 aromatic carbocycles. The molecule has 0 aliphatic carbocycles. The first-order valence-corrected chi connectivity index (χ1v) is 6.10. The number of hydrogen-bond donors (Lipinski definition) is 0. The van der Waals surface area contributed by atoms with Gasteiger partial charge in [0, 0.05) is 25.7 Å². The normalized spacial score (nSPS) is 21.4. The van der Waals surface area contributed by atoms with Gasteiger partial charge in [0.1, 0.15) is 0 Å². The van der Waals surface area contributed by atoms with Gasteiger partial charge in [-0.15, -0.1) is 0 Å². The van der Waals surface area contributed by atoms with Crippen molar-refractivity contribution in [2.24, 2.45) is 0 Å². The number of hydrazine groups is 1. The van der Waals surface area contributed by atoms with Crippen LogP contribution in [-0.2, 0) is 0 Å². The Morgan fingerprint density at radius 2 is 1.93 bits per heavy atom. The van der Waals surface area contributed by atoms with Gasteiger partial charge in [0.25, 0.3) is 0 Å². The van der Waals surface area contributed by atoms with Crippen LogP contribution >= 0.6 is 0 Å². The van der Waals surface area contributed by atoms with Crippen LogP contribution in [0.2, 0.25) is 0 Å². The van der Waals surface area contributed by atoms with Gasteiger partial charge < -0.3 is 0 Å². The highest BCUT2D eigenvalue weighted by molar-refractivity contribution is 4.69. The van der Waals surface area contributed by atoms with Crippen molar-refractivity contribution in [3.05, 3.63) is 6.92 Å². The van der Waals surface area contributed by atoms with Crippen LogP contribution in [0, 0.1) is 6.92 Å². The Bertz CT molecular complexity index is 141. The highest BCUT2D eigenvalue weighted by Gasteiger charge is 2.20. The van der Waals surface area contributed by atoms with E-state index in [0.717, 1.165) is 13.0 Å². The lowest BCUT2D eigenvalue weighted by Crippen LogP contribution is -2.49. The van der Waals surface area contributed by atoms with E-state index >= 15 is 0 Å². The van der Waals surface area contributed by atoms with E-state index in [2.05, 4.69) is 30.8 Å².